The predicted molar refractivity (Wildman–Crippen MR) is 80.6 cm³/mol. The fourth-order valence-corrected chi connectivity index (χ4v) is 2.94. The van der Waals surface area contributed by atoms with Gasteiger partial charge in [0.1, 0.15) is 0 Å². The van der Waals surface area contributed by atoms with Gasteiger partial charge in [0.2, 0.25) is 0 Å². The maximum Gasteiger partial charge on any atom is 0.319 e. The lowest BCUT2D eigenvalue weighted by Crippen LogP contribution is -2.44. The number of methoxy groups -OCH3 is 1. The van der Waals surface area contributed by atoms with Gasteiger partial charge in [0.25, 0.3) is 0 Å². The number of anilines is 1. The first-order chi connectivity index (χ1) is 11.1. The summed E-state index contributed by atoms with van der Waals surface area (Å²) in [6, 6.07) is 1.59. The zero-order valence-corrected chi connectivity index (χ0v) is 12.9. The van der Waals surface area contributed by atoms with Crippen molar-refractivity contribution >= 4 is 11.7 Å². The van der Waals surface area contributed by atoms with Crippen LogP contribution in [-0.4, -0.2) is 31.9 Å². The Balaban J connectivity index is 1.56. The minimum Gasteiger partial charge on any atom is -0.491 e. The van der Waals surface area contributed by atoms with Gasteiger partial charge < -0.3 is 20.1 Å². The molecular formula is C16H20F2N2O3. The Labute approximate surface area is 133 Å². The Hall–Kier alpha value is -1.89. The van der Waals surface area contributed by atoms with Gasteiger partial charge in [0.05, 0.1) is 13.2 Å². The van der Waals surface area contributed by atoms with E-state index in [4.69, 9.17) is 4.74 Å². The summed E-state index contributed by atoms with van der Waals surface area (Å²) in [5.41, 5.74) is 0.0455. The molecule has 0 spiro atoms. The van der Waals surface area contributed by atoms with Crippen LogP contribution in [0.3, 0.4) is 0 Å². The van der Waals surface area contributed by atoms with Gasteiger partial charge >= 0.3 is 6.03 Å². The second-order valence-electron chi connectivity index (χ2n) is 6.04. The topological polar surface area (TPSA) is 59.6 Å². The highest BCUT2D eigenvalue weighted by atomic mass is 19.1. The van der Waals surface area contributed by atoms with Gasteiger partial charge in [0.15, 0.2) is 17.4 Å². The van der Waals surface area contributed by atoms with E-state index in [9.17, 15) is 13.6 Å². The van der Waals surface area contributed by atoms with Gasteiger partial charge in [-0.05, 0) is 31.6 Å². The molecule has 2 fully saturated rings. The molecular weight excluding hydrogens is 306 g/mol. The van der Waals surface area contributed by atoms with E-state index >= 15 is 0 Å². The Morgan fingerprint density at radius 3 is 2.57 bits per heavy atom. The maximum absolute atomic E-state index is 13.6. The molecule has 0 unspecified atom stereocenters. The third kappa shape index (κ3) is 3.90. The van der Waals surface area contributed by atoms with Crippen LogP contribution in [0, 0.1) is 17.6 Å². The Morgan fingerprint density at radius 1 is 1.26 bits per heavy atom. The fraction of sp³-hybridized carbons (Fsp3) is 0.562. The van der Waals surface area contributed by atoms with E-state index < -0.39 is 23.4 Å². The highest BCUT2D eigenvalue weighted by Gasteiger charge is 2.36. The molecule has 1 aliphatic heterocycles. The number of hydrogen-bond acceptors (Lipinski definition) is 3. The standard InChI is InChI=1S/C16H20F2N2O3/c1-22-15-12(17)6-11(7-13(15)18)20-16(21)19-10-4-5-23-14(8-10)9-2-3-9/h6-7,9-10,14H,2-5,8H2,1H3,(H2,19,20,21)/t10-,14+/m1/s1. The van der Waals surface area contributed by atoms with Gasteiger partial charge in [-0.2, -0.15) is 0 Å². The van der Waals surface area contributed by atoms with E-state index in [1.807, 2.05) is 0 Å². The molecule has 1 aliphatic carbocycles. The number of urea groups is 1. The zero-order valence-electron chi connectivity index (χ0n) is 12.9. The number of benzene rings is 1. The first-order valence-corrected chi connectivity index (χ1v) is 7.79. The van der Waals surface area contributed by atoms with E-state index in [1.54, 1.807) is 0 Å². The van der Waals surface area contributed by atoms with Crippen LogP contribution in [0.25, 0.3) is 0 Å². The molecule has 2 atom stereocenters. The van der Waals surface area contributed by atoms with Crippen molar-refractivity contribution in [3.05, 3.63) is 23.8 Å². The molecule has 2 amide bonds. The van der Waals surface area contributed by atoms with Crippen LogP contribution in [0.15, 0.2) is 12.1 Å². The molecule has 1 saturated carbocycles. The van der Waals surface area contributed by atoms with Crippen molar-refractivity contribution in [2.24, 2.45) is 5.92 Å². The summed E-state index contributed by atoms with van der Waals surface area (Å²) in [6.07, 6.45) is 4.11. The number of nitrogens with one attached hydrogen (secondary N) is 2. The van der Waals surface area contributed by atoms with Crippen LogP contribution in [0.2, 0.25) is 0 Å². The van der Waals surface area contributed by atoms with E-state index in [2.05, 4.69) is 15.4 Å². The van der Waals surface area contributed by atoms with Crippen molar-refractivity contribution in [3.63, 3.8) is 0 Å². The molecule has 1 aromatic carbocycles. The molecule has 0 bridgehead atoms. The summed E-state index contributed by atoms with van der Waals surface area (Å²) < 4.78 is 37.5. The number of halogens is 2. The molecule has 126 valence electrons. The van der Waals surface area contributed by atoms with Crippen molar-refractivity contribution in [3.8, 4) is 5.75 Å². The first kappa shape index (κ1) is 16.0. The molecule has 1 aromatic rings. The second-order valence-corrected chi connectivity index (χ2v) is 6.04. The Bertz CT molecular complexity index is 570. The summed E-state index contributed by atoms with van der Waals surface area (Å²) in [7, 11) is 1.18. The fourth-order valence-electron chi connectivity index (χ4n) is 2.94. The quantitative estimate of drug-likeness (QED) is 0.894. The normalized spacial score (nSPS) is 24.1. The smallest absolute Gasteiger partial charge is 0.319 e. The van der Waals surface area contributed by atoms with Crippen LogP contribution in [0.5, 0.6) is 5.75 Å². The number of carbonyl (C=O) groups excluding carboxylic acids is 1. The largest absolute Gasteiger partial charge is 0.491 e. The molecule has 1 saturated heterocycles. The maximum atomic E-state index is 13.6. The summed E-state index contributed by atoms with van der Waals surface area (Å²) in [6.45, 7) is 0.623. The molecule has 3 rings (SSSR count). The average Bonchev–Trinajstić information content (AvgIpc) is 3.31. The van der Waals surface area contributed by atoms with Crippen molar-refractivity contribution < 1.29 is 23.0 Å². The summed E-state index contributed by atoms with van der Waals surface area (Å²) in [4.78, 5) is 12.0. The van der Waals surface area contributed by atoms with Gasteiger partial charge in [-0.15, -0.1) is 0 Å². The van der Waals surface area contributed by atoms with Crippen LogP contribution in [0.1, 0.15) is 25.7 Å². The van der Waals surface area contributed by atoms with E-state index in [0.29, 0.717) is 12.5 Å². The summed E-state index contributed by atoms with van der Waals surface area (Å²) in [5, 5.41) is 5.30. The van der Waals surface area contributed by atoms with Crippen LogP contribution in [0.4, 0.5) is 19.3 Å². The lowest BCUT2D eigenvalue weighted by molar-refractivity contribution is -0.00889. The van der Waals surface area contributed by atoms with E-state index in [-0.39, 0.29) is 17.8 Å². The number of hydrogen-bond donors (Lipinski definition) is 2. The van der Waals surface area contributed by atoms with Crippen molar-refractivity contribution in [2.45, 2.75) is 37.8 Å². The monoisotopic (exact) mass is 326 g/mol. The van der Waals surface area contributed by atoms with Gasteiger partial charge in [-0.3, -0.25) is 0 Å². The van der Waals surface area contributed by atoms with Crippen molar-refractivity contribution in [1.29, 1.82) is 0 Å². The molecule has 0 aromatic heterocycles. The molecule has 0 radical (unpaired) electrons. The number of rotatable bonds is 4. The SMILES string of the molecule is COc1c(F)cc(NC(=O)N[C@@H]2CCO[C@H](C3CC3)C2)cc1F. The van der Waals surface area contributed by atoms with E-state index in [0.717, 1.165) is 25.0 Å². The number of amides is 2. The highest BCUT2D eigenvalue weighted by Crippen LogP contribution is 2.38. The van der Waals surface area contributed by atoms with Gasteiger partial charge in [-0.25, -0.2) is 13.6 Å². The molecule has 23 heavy (non-hydrogen) atoms. The molecule has 2 aliphatic rings. The van der Waals surface area contributed by atoms with Gasteiger partial charge in [-0.1, -0.05) is 0 Å². The lowest BCUT2D eigenvalue weighted by Gasteiger charge is -2.30. The number of ether oxygens (including phenoxy) is 2. The summed E-state index contributed by atoms with van der Waals surface area (Å²) in [5.74, 6) is -1.56. The van der Waals surface area contributed by atoms with E-state index in [1.165, 1.54) is 20.0 Å². The zero-order chi connectivity index (χ0) is 16.4. The highest BCUT2D eigenvalue weighted by molar-refractivity contribution is 5.89. The third-order valence-corrected chi connectivity index (χ3v) is 4.26. The van der Waals surface area contributed by atoms with Crippen LogP contribution >= 0.6 is 0 Å². The van der Waals surface area contributed by atoms with Crippen molar-refractivity contribution in [1.82, 2.24) is 5.32 Å². The second kappa shape index (κ2) is 6.70. The van der Waals surface area contributed by atoms with Crippen molar-refractivity contribution in [2.75, 3.05) is 19.0 Å². The molecule has 5 nitrogen and oxygen atoms in total. The predicted octanol–water partition coefficient (Wildman–Crippen LogP) is 3.05. The minimum atomic E-state index is -0.859. The van der Waals surface area contributed by atoms with Gasteiger partial charge in [0, 0.05) is 30.5 Å². The number of carbonyl (C=O) groups is 1. The molecule has 2 N–H and O–H groups in total. The Kier molecular flexibility index (Phi) is 4.66. The van der Waals surface area contributed by atoms with Crippen LogP contribution < -0.4 is 15.4 Å². The lowest BCUT2D eigenvalue weighted by atomic mass is 10.0. The molecule has 7 heteroatoms. The van der Waals surface area contributed by atoms with Crippen LogP contribution in [-0.2, 0) is 4.74 Å². The first-order valence-electron chi connectivity index (χ1n) is 7.79. The molecule has 1 heterocycles. The summed E-state index contributed by atoms with van der Waals surface area (Å²) >= 11 is 0. The Morgan fingerprint density at radius 2 is 1.96 bits per heavy atom. The average molecular weight is 326 g/mol. The third-order valence-electron chi connectivity index (χ3n) is 4.26. The minimum absolute atomic E-state index is 0.0160.